The Labute approximate surface area is 149 Å². The molecule has 1 aromatic carbocycles. The molecule has 0 aromatic heterocycles. The fourth-order valence-corrected chi connectivity index (χ4v) is 4.87. The van der Waals surface area contributed by atoms with Gasteiger partial charge in [-0.1, -0.05) is 18.5 Å². The zero-order valence-electron chi connectivity index (χ0n) is 14.2. The molecule has 0 atom stereocenters. The van der Waals surface area contributed by atoms with Crippen LogP contribution in [0.15, 0.2) is 23.1 Å². The number of benzene rings is 1. The van der Waals surface area contributed by atoms with Gasteiger partial charge in [0.05, 0.1) is 9.92 Å². The van der Waals surface area contributed by atoms with E-state index >= 15 is 0 Å². The first-order valence-electron chi connectivity index (χ1n) is 8.59. The van der Waals surface area contributed by atoms with E-state index in [2.05, 4.69) is 6.92 Å². The van der Waals surface area contributed by atoms with E-state index in [-0.39, 0.29) is 21.9 Å². The summed E-state index contributed by atoms with van der Waals surface area (Å²) in [4.78, 5) is 15.1. The van der Waals surface area contributed by atoms with Gasteiger partial charge in [0, 0.05) is 23.9 Å². The summed E-state index contributed by atoms with van der Waals surface area (Å²) in [7, 11) is -3.45. The van der Waals surface area contributed by atoms with Crippen molar-refractivity contribution in [3.05, 3.63) is 28.8 Å². The van der Waals surface area contributed by atoms with Gasteiger partial charge in [-0.05, 0) is 62.6 Å². The van der Waals surface area contributed by atoms with Crippen LogP contribution in [0, 0.1) is 5.92 Å². The highest BCUT2D eigenvalue weighted by atomic mass is 35.5. The summed E-state index contributed by atoms with van der Waals surface area (Å²) in [5, 5.41) is 0.165. The molecule has 0 radical (unpaired) electrons. The summed E-state index contributed by atoms with van der Waals surface area (Å²) in [5.41, 5.74) is 0.422. The molecule has 2 fully saturated rings. The lowest BCUT2D eigenvalue weighted by atomic mass is 9.86. The summed E-state index contributed by atoms with van der Waals surface area (Å²) in [6.07, 6.45) is 7.58. The Kier molecular flexibility index (Phi) is 4.94. The molecular weight excluding hydrogens is 346 g/mol. The predicted octanol–water partition coefficient (Wildman–Crippen LogP) is 3.93. The molecule has 2 saturated carbocycles. The van der Waals surface area contributed by atoms with Gasteiger partial charge in [0.2, 0.25) is 0 Å². The van der Waals surface area contributed by atoms with Crippen LogP contribution in [0.3, 0.4) is 0 Å². The average molecular weight is 370 g/mol. The van der Waals surface area contributed by atoms with Gasteiger partial charge in [-0.2, -0.15) is 0 Å². The molecule has 0 heterocycles. The number of rotatable bonds is 4. The van der Waals surface area contributed by atoms with Gasteiger partial charge in [0.25, 0.3) is 5.91 Å². The van der Waals surface area contributed by atoms with E-state index in [1.807, 2.05) is 4.90 Å². The van der Waals surface area contributed by atoms with Crippen molar-refractivity contribution in [2.24, 2.45) is 5.92 Å². The lowest BCUT2D eigenvalue weighted by Gasteiger charge is -2.36. The standard InChI is InChI=1S/C18H24ClNO3S/c1-12-3-6-14(7-4-12)20(15-8-9-15)18(21)13-5-10-16(19)17(11-13)24(2,22)23/h5,10-12,14-15H,3-4,6-9H2,1-2H3. The van der Waals surface area contributed by atoms with Crippen molar-refractivity contribution in [1.29, 1.82) is 0 Å². The largest absolute Gasteiger partial charge is 0.333 e. The molecule has 1 amide bonds. The van der Waals surface area contributed by atoms with Crippen molar-refractivity contribution in [1.82, 2.24) is 4.90 Å². The smallest absolute Gasteiger partial charge is 0.254 e. The Bertz CT molecular complexity index is 735. The number of carbonyl (C=O) groups is 1. The molecule has 2 aliphatic rings. The molecule has 2 aliphatic carbocycles. The quantitative estimate of drug-likeness (QED) is 0.808. The Morgan fingerprint density at radius 1 is 1.08 bits per heavy atom. The van der Waals surface area contributed by atoms with Gasteiger partial charge in [-0.15, -0.1) is 0 Å². The van der Waals surface area contributed by atoms with Crippen LogP contribution in [0.5, 0.6) is 0 Å². The molecule has 0 bridgehead atoms. The van der Waals surface area contributed by atoms with Crippen molar-refractivity contribution in [3.63, 3.8) is 0 Å². The zero-order valence-corrected chi connectivity index (χ0v) is 15.7. The van der Waals surface area contributed by atoms with E-state index in [1.54, 1.807) is 6.07 Å². The maximum atomic E-state index is 13.1. The second-order valence-corrected chi connectivity index (χ2v) is 9.67. The first kappa shape index (κ1) is 17.7. The van der Waals surface area contributed by atoms with Gasteiger partial charge < -0.3 is 4.90 Å². The van der Waals surface area contributed by atoms with E-state index in [4.69, 9.17) is 11.6 Å². The third-order valence-electron chi connectivity index (χ3n) is 5.13. The monoisotopic (exact) mass is 369 g/mol. The van der Waals surface area contributed by atoms with Crippen molar-refractivity contribution in [3.8, 4) is 0 Å². The molecule has 1 aromatic rings. The Morgan fingerprint density at radius 3 is 2.12 bits per heavy atom. The van der Waals surface area contributed by atoms with Crippen LogP contribution < -0.4 is 0 Å². The van der Waals surface area contributed by atoms with Crippen LogP contribution in [0.4, 0.5) is 0 Å². The second kappa shape index (κ2) is 6.68. The molecule has 0 saturated heterocycles. The molecule has 4 nitrogen and oxygen atoms in total. The van der Waals surface area contributed by atoms with E-state index < -0.39 is 9.84 Å². The Balaban J connectivity index is 1.88. The SMILES string of the molecule is CC1CCC(N(C(=O)c2ccc(Cl)c(S(C)(=O)=O)c2)C2CC2)CC1. The lowest BCUT2D eigenvalue weighted by molar-refractivity contribution is 0.0593. The summed E-state index contributed by atoms with van der Waals surface area (Å²) >= 11 is 6.00. The average Bonchev–Trinajstić information content (AvgIpc) is 3.33. The number of amides is 1. The van der Waals surface area contributed by atoms with Crippen LogP contribution in [0.1, 0.15) is 55.8 Å². The van der Waals surface area contributed by atoms with Gasteiger partial charge in [0.1, 0.15) is 0 Å². The number of carbonyl (C=O) groups excluding carboxylic acids is 1. The highest BCUT2D eigenvalue weighted by Crippen LogP contribution is 2.36. The molecule has 0 spiro atoms. The van der Waals surface area contributed by atoms with Crippen LogP contribution in [-0.2, 0) is 9.84 Å². The second-order valence-electron chi connectivity index (χ2n) is 7.27. The number of hydrogen-bond donors (Lipinski definition) is 0. The van der Waals surface area contributed by atoms with E-state index in [1.165, 1.54) is 12.1 Å². The van der Waals surface area contributed by atoms with Gasteiger partial charge in [0.15, 0.2) is 9.84 Å². The highest BCUT2D eigenvalue weighted by molar-refractivity contribution is 7.90. The van der Waals surface area contributed by atoms with E-state index in [0.717, 1.165) is 50.7 Å². The molecule has 0 unspecified atom stereocenters. The predicted molar refractivity (Wildman–Crippen MR) is 95.2 cm³/mol. The van der Waals surface area contributed by atoms with E-state index in [0.29, 0.717) is 11.6 Å². The van der Waals surface area contributed by atoms with E-state index in [9.17, 15) is 13.2 Å². The lowest BCUT2D eigenvalue weighted by Crippen LogP contribution is -2.43. The van der Waals surface area contributed by atoms with Crippen molar-refractivity contribution < 1.29 is 13.2 Å². The first-order valence-corrected chi connectivity index (χ1v) is 10.9. The topological polar surface area (TPSA) is 54.5 Å². The first-order chi connectivity index (χ1) is 11.3. The summed E-state index contributed by atoms with van der Waals surface area (Å²) < 4.78 is 23.7. The van der Waals surface area contributed by atoms with Crippen LogP contribution in [-0.4, -0.2) is 37.6 Å². The van der Waals surface area contributed by atoms with Crippen molar-refractivity contribution in [2.45, 2.75) is 62.4 Å². The van der Waals surface area contributed by atoms with Crippen molar-refractivity contribution >= 4 is 27.3 Å². The molecule has 3 rings (SSSR count). The fourth-order valence-electron chi connectivity index (χ4n) is 3.57. The van der Waals surface area contributed by atoms with Crippen molar-refractivity contribution in [2.75, 3.05) is 6.26 Å². The fraction of sp³-hybridized carbons (Fsp3) is 0.611. The maximum Gasteiger partial charge on any atom is 0.254 e. The molecule has 132 valence electrons. The Hall–Kier alpha value is -1.07. The van der Waals surface area contributed by atoms with Gasteiger partial charge in [-0.25, -0.2) is 8.42 Å². The molecule has 6 heteroatoms. The summed E-state index contributed by atoms with van der Waals surface area (Å²) in [6, 6.07) is 5.17. The highest BCUT2D eigenvalue weighted by Gasteiger charge is 2.39. The molecule has 24 heavy (non-hydrogen) atoms. The third-order valence-corrected chi connectivity index (χ3v) is 6.71. The normalized spacial score (nSPS) is 24.6. The summed E-state index contributed by atoms with van der Waals surface area (Å²) in [6.45, 7) is 2.26. The molecule has 0 N–H and O–H groups in total. The Morgan fingerprint density at radius 2 is 1.62 bits per heavy atom. The minimum atomic E-state index is -3.45. The van der Waals surface area contributed by atoms with Crippen LogP contribution in [0.25, 0.3) is 0 Å². The number of nitrogens with zero attached hydrogens (tertiary/aromatic N) is 1. The van der Waals surface area contributed by atoms with Gasteiger partial charge in [-0.3, -0.25) is 4.79 Å². The summed E-state index contributed by atoms with van der Waals surface area (Å²) in [5.74, 6) is 0.670. The van der Waals surface area contributed by atoms with Gasteiger partial charge >= 0.3 is 0 Å². The van der Waals surface area contributed by atoms with Crippen LogP contribution >= 0.6 is 11.6 Å². The zero-order chi connectivity index (χ0) is 17.5. The maximum absolute atomic E-state index is 13.1. The minimum absolute atomic E-state index is 0.0306. The number of sulfone groups is 1. The number of halogens is 1. The molecule has 0 aliphatic heterocycles. The third kappa shape index (κ3) is 3.77. The van der Waals surface area contributed by atoms with Crippen LogP contribution in [0.2, 0.25) is 5.02 Å². The molecular formula is C18H24ClNO3S. The number of hydrogen-bond acceptors (Lipinski definition) is 3. The minimum Gasteiger partial charge on any atom is -0.333 e.